The lowest BCUT2D eigenvalue weighted by Gasteiger charge is -2.07. The number of benzene rings is 1. The van der Waals surface area contributed by atoms with Gasteiger partial charge in [-0.3, -0.25) is 10.1 Å². The molecule has 1 aliphatic rings. The Kier molecular flexibility index (Phi) is 2.14. The van der Waals surface area contributed by atoms with E-state index in [2.05, 4.69) is 6.92 Å². The zero-order valence-corrected chi connectivity index (χ0v) is 8.56. The van der Waals surface area contributed by atoms with E-state index in [9.17, 15) is 15.2 Å². The van der Waals surface area contributed by atoms with E-state index in [0.29, 0.717) is 5.41 Å². The number of hydrogen-bond acceptors (Lipinski definition) is 3. The first kappa shape index (κ1) is 9.96. The average molecular weight is 207 g/mol. The number of phenolic OH excluding ortho intramolecular Hbond substituents is 1. The molecule has 0 spiro atoms. The fourth-order valence-corrected chi connectivity index (χ4v) is 1.71. The van der Waals surface area contributed by atoms with E-state index in [1.165, 1.54) is 25.0 Å². The summed E-state index contributed by atoms with van der Waals surface area (Å²) in [6.45, 7) is 2.17. The highest BCUT2D eigenvalue weighted by molar-refractivity contribution is 5.47. The van der Waals surface area contributed by atoms with Crippen molar-refractivity contribution in [1.29, 1.82) is 0 Å². The third-order valence-corrected chi connectivity index (χ3v) is 2.97. The third-order valence-electron chi connectivity index (χ3n) is 2.97. The van der Waals surface area contributed by atoms with Crippen LogP contribution in [0, 0.1) is 15.5 Å². The zero-order valence-electron chi connectivity index (χ0n) is 8.56. The summed E-state index contributed by atoms with van der Waals surface area (Å²) in [4.78, 5) is 10.1. The Morgan fingerprint density at radius 1 is 1.53 bits per heavy atom. The summed E-state index contributed by atoms with van der Waals surface area (Å²) < 4.78 is 0. The Bertz CT molecular complexity index is 410. The molecule has 15 heavy (non-hydrogen) atoms. The van der Waals surface area contributed by atoms with Gasteiger partial charge in [0.05, 0.1) is 4.92 Å². The van der Waals surface area contributed by atoms with Gasteiger partial charge in [-0.05, 0) is 36.3 Å². The van der Waals surface area contributed by atoms with E-state index in [0.717, 1.165) is 12.0 Å². The van der Waals surface area contributed by atoms with Crippen molar-refractivity contribution >= 4 is 5.69 Å². The molecule has 2 rings (SSSR count). The second-order valence-corrected chi connectivity index (χ2v) is 4.57. The molecule has 4 nitrogen and oxygen atoms in total. The monoisotopic (exact) mass is 207 g/mol. The van der Waals surface area contributed by atoms with Crippen LogP contribution in [-0.4, -0.2) is 10.0 Å². The normalized spacial score (nSPS) is 17.4. The number of rotatable bonds is 3. The largest absolute Gasteiger partial charge is 0.502 e. The Morgan fingerprint density at radius 2 is 2.20 bits per heavy atom. The molecule has 1 N–H and O–H groups in total. The van der Waals surface area contributed by atoms with Crippen LogP contribution >= 0.6 is 0 Å². The first-order valence-electron chi connectivity index (χ1n) is 4.96. The van der Waals surface area contributed by atoms with E-state index in [4.69, 9.17) is 0 Å². The second-order valence-electron chi connectivity index (χ2n) is 4.57. The smallest absolute Gasteiger partial charge is 0.310 e. The lowest BCUT2D eigenvalue weighted by Crippen LogP contribution is -1.99. The van der Waals surface area contributed by atoms with Gasteiger partial charge < -0.3 is 5.11 Å². The summed E-state index contributed by atoms with van der Waals surface area (Å²) in [6, 6.07) is 4.63. The second kappa shape index (κ2) is 3.22. The minimum atomic E-state index is -0.548. The molecular weight excluding hydrogens is 194 g/mol. The Balaban J connectivity index is 2.26. The molecule has 80 valence electrons. The molecule has 0 aliphatic heterocycles. The van der Waals surface area contributed by atoms with Crippen molar-refractivity contribution in [2.45, 2.75) is 26.2 Å². The summed E-state index contributed by atoms with van der Waals surface area (Å²) >= 11 is 0. The standard InChI is InChI=1S/C11H13NO3/c1-11(4-5-11)7-8-2-3-10(13)9(6-8)12(14)15/h2-3,6,13H,4-5,7H2,1H3. The number of phenols is 1. The maximum absolute atomic E-state index is 10.6. The minimum Gasteiger partial charge on any atom is -0.502 e. The van der Waals surface area contributed by atoms with Gasteiger partial charge in [-0.15, -0.1) is 0 Å². The summed E-state index contributed by atoms with van der Waals surface area (Å²) in [5, 5.41) is 19.9. The van der Waals surface area contributed by atoms with Crippen LogP contribution in [-0.2, 0) is 6.42 Å². The van der Waals surface area contributed by atoms with Gasteiger partial charge in [0.2, 0.25) is 0 Å². The lowest BCUT2D eigenvalue weighted by molar-refractivity contribution is -0.385. The first-order chi connectivity index (χ1) is 7.00. The summed E-state index contributed by atoms with van der Waals surface area (Å²) in [6.07, 6.45) is 3.22. The van der Waals surface area contributed by atoms with E-state index in [1.807, 2.05) is 0 Å². The Hall–Kier alpha value is -1.58. The molecule has 0 amide bonds. The van der Waals surface area contributed by atoms with Crippen LogP contribution in [0.4, 0.5) is 5.69 Å². The van der Waals surface area contributed by atoms with Gasteiger partial charge in [-0.1, -0.05) is 13.0 Å². The number of aromatic hydroxyl groups is 1. The van der Waals surface area contributed by atoms with Crippen LogP contribution < -0.4 is 0 Å². The molecule has 1 saturated carbocycles. The fraction of sp³-hybridized carbons (Fsp3) is 0.455. The van der Waals surface area contributed by atoms with E-state index in [1.54, 1.807) is 6.07 Å². The molecule has 0 heterocycles. The van der Waals surface area contributed by atoms with Crippen molar-refractivity contribution in [3.05, 3.63) is 33.9 Å². The van der Waals surface area contributed by atoms with Crippen LogP contribution in [0.2, 0.25) is 0 Å². The van der Waals surface area contributed by atoms with Crippen molar-refractivity contribution in [3.8, 4) is 5.75 Å². The molecule has 1 aromatic carbocycles. The molecular formula is C11H13NO3. The van der Waals surface area contributed by atoms with E-state index < -0.39 is 4.92 Å². The number of nitro benzene ring substituents is 1. The zero-order chi connectivity index (χ0) is 11.1. The van der Waals surface area contributed by atoms with Gasteiger partial charge in [0.1, 0.15) is 0 Å². The van der Waals surface area contributed by atoms with Crippen LogP contribution in [0.15, 0.2) is 18.2 Å². The molecule has 0 saturated heterocycles. The van der Waals surface area contributed by atoms with Crippen LogP contribution in [0.1, 0.15) is 25.3 Å². The molecule has 0 atom stereocenters. The van der Waals surface area contributed by atoms with Crippen LogP contribution in [0.25, 0.3) is 0 Å². The predicted octanol–water partition coefficient (Wildman–Crippen LogP) is 2.64. The summed E-state index contributed by atoms with van der Waals surface area (Å²) in [5.41, 5.74) is 1.06. The van der Waals surface area contributed by atoms with Gasteiger partial charge in [0.25, 0.3) is 0 Å². The van der Waals surface area contributed by atoms with Gasteiger partial charge in [-0.2, -0.15) is 0 Å². The molecule has 0 unspecified atom stereocenters. The maximum atomic E-state index is 10.6. The summed E-state index contributed by atoms with van der Waals surface area (Å²) in [7, 11) is 0. The van der Waals surface area contributed by atoms with Crippen molar-refractivity contribution in [2.75, 3.05) is 0 Å². The number of hydrogen-bond donors (Lipinski definition) is 1. The van der Waals surface area contributed by atoms with Crippen LogP contribution in [0.3, 0.4) is 0 Å². The highest BCUT2D eigenvalue weighted by Crippen LogP contribution is 2.48. The molecule has 4 heteroatoms. The molecule has 0 bridgehead atoms. The fourth-order valence-electron chi connectivity index (χ4n) is 1.71. The van der Waals surface area contributed by atoms with Gasteiger partial charge in [0.15, 0.2) is 5.75 Å². The quantitative estimate of drug-likeness (QED) is 0.612. The maximum Gasteiger partial charge on any atom is 0.310 e. The topological polar surface area (TPSA) is 63.4 Å². The Morgan fingerprint density at radius 3 is 2.73 bits per heavy atom. The third kappa shape index (κ3) is 2.09. The number of nitrogens with zero attached hydrogens (tertiary/aromatic N) is 1. The first-order valence-corrected chi connectivity index (χ1v) is 4.96. The van der Waals surface area contributed by atoms with Gasteiger partial charge in [0, 0.05) is 6.07 Å². The number of nitro groups is 1. The SMILES string of the molecule is CC1(Cc2ccc(O)c([N+](=O)[O-])c2)CC1. The lowest BCUT2D eigenvalue weighted by atomic mass is 9.98. The molecule has 1 aromatic rings. The van der Waals surface area contributed by atoms with E-state index in [-0.39, 0.29) is 11.4 Å². The average Bonchev–Trinajstić information content (AvgIpc) is 2.87. The van der Waals surface area contributed by atoms with Crippen molar-refractivity contribution in [3.63, 3.8) is 0 Å². The van der Waals surface area contributed by atoms with Gasteiger partial charge in [-0.25, -0.2) is 0 Å². The highest BCUT2D eigenvalue weighted by atomic mass is 16.6. The van der Waals surface area contributed by atoms with Crippen molar-refractivity contribution in [2.24, 2.45) is 5.41 Å². The Labute approximate surface area is 87.7 Å². The molecule has 1 fully saturated rings. The predicted molar refractivity (Wildman–Crippen MR) is 55.8 cm³/mol. The molecule has 1 aliphatic carbocycles. The molecule has 0 radical (unpaired) electrons. The summed E-state index contributed by atoms with van der Waals surface area (Å²) in [5.74, 6) is -0.260. The highest BCUT2D eigenvalue weighted by Gasteiger charge is 2.37. The minimum absolute atomic E-state index is 0.197. The van der Waals surface area contributed by atoms with Crippen molar-refractivity contribution in [1.82, 2.24) is 0 Å². The van der Waals surface area contributed by atoms with Gasteiger partial charge >= 0.3 is 5.69 Å². The van der Waals surface area contributed by atoms with Crippen molar-refractivity contribution < 1.29 is 10.0 Å². The molecule has 0 aromatic heterocycles. The van der Waals surface area contributed by atoms with Crippen LogP contribution in [0.5, 0.6) is 5.75 Å². The van der Waals surface area contributed by atoms with E-state index >= 15 is 0 Å².